The van der Waals surface area contributed by atoms with Gasteiger partial charge in [-0.05, 0) is 56.5 Å². The van der Waals surface area contributed by atoms with Crippen molar-refractivity contribution in [2.24, 2.45) is 5.92 Å². The molecule has 30 heavy (non-hydrogen) atoms. The number of piperidine rings is 2. The van der Waals surface area contributed by atoms with E-state index in [2.05, 4.69) is 15.2 Å². The zero-order valence-electron chi connectivity index (χ0n) is 17.4. The average molecular weight is 407 g/mol. The number of nitrogens with zero attached hydrogens (tertiary/aromatic N) is 3. The minimum absolute atomic E-state index is 0.0337. The number of amides is 2. The summed E-state index contributed by atoms with van der Waals surface area (Å²) in [4.78, 5) is 34.1. The molecule has 2 fully saturated rings. The Hall–Kier alpha value is -2.73. The summed E-state index contributed by atoms with van der Waals surface area (Å²) in [5.74, 6) is 0.285. The highest BCUT2D eigenvalue weighted by atomic mass is 16.2. The fourth-order valence-corrected chi connectivity index (χ4v) is 4.57. The molecule has 0 saturated carbocycles. The average Bonchev–Trinajstić information content (AvgIpc) is 2.83. The number of benzene rings is 1. The Morgan fingerprint density at radius 1 is 0.967 bits per heavy atom. The van der Waals surface area contributed by atoms with E-state index in [4.69, 9.17) is 0 Å². The van der Waals surface area contributed by atoms with Crippen molar-refractivity contribution in [3.8, 4) is 0 Å². The molecule has 0 aliphatic carbocycles. The maximum Gasteiger partial charge on any atom is 0.253 e. The zero-order chi connectivity index (χ0) is 20.8. The molecule has 2 aromatic rings. The van der Waals surface area contributed by atoms with Gasteiger partial charge in [0.05, 0.1) is 18.2 Å². The molecule has 2 aliphatic heterocycles. The molecule has 1 atom stereocenters. The summed E-state index contributed by atoms with van der Waals surface area (Å²) in [6.07, 6.45) is 5.68. The second kappa shape index (κ2) is 9.85. The quantitative estimate of drug-likeness (QED) is 0.829. The van der Waals surface area contributed by atoms with Gasteiger partial charge in [-0.15, -0.1) is 0 Å². The number of rotatable bonds is 5. The lowest BCUT2D eigenvalue weighted by Gasteiger charge is -2.42. The number of nitrogens with one attached hydrogen (secondary N) is 1. The molecule has 3 heterocycles. The van der Waals surface area contributed by atoms with Gasteiger partial charge in [-0.3, -0.25) is 19.5 Å². The van der Waals surface area contributed by atoms with Crippen LogP contribution in [0.5, 0.6) is 0 Å². The third kappa shape index (κ3) is 5.05. The standard InChI is InChI=1S/C24H30N4O2/c29-23(26-17-21-10-4-5-13-25-21)20-9-6-14-28(18-20)22-11-15-27(16-12-22)24(30)19-7-2-1-3-8-19/h1-5,7-8,10,13,20,22H,6,9,11-12,14-18H2,(H,26,29)/t20-/m0/s1. The molecule has 0 radical (unpaired) electrons. The first-order valence-electron chi connectivity index (χ1n) is 11.0. The van der Waals surface area contributed by atoms with E-state index >= 15 is 0 Å². The summed E-state index contributed by atoms with van der Waals surface area (Å²) >= 11 is 0. The van der Waals surface area contributed by atoms with Gasteiger partial charge in [-0.25, -0.2) is 0 Å². The van der Waals surface area contributed by atoms with Crippen molar-refractivity contribution in [1.82, 2.24) is 20.1 Å². The lowest BCUT2D eigenvalue weighted by molar-refractivity contribution is -0.127. The summed E-state index contributed by atoms with van der Waals surface area (Å²) in [6.45, 7) is 3.90. The van der Waals surface area contributed by atoms with E-state index in [9.17, 15) is 9.59 Å². The number of carbonyl (C=O) groups excluding carboxylic acids is 2. The van der Waals surface area contributed by atoms with Crippen LogP contribution in [0.25, 0.3) is 0 Å². The van der Waals surface area contributed by atoms with E-state index in [0.29, 0.717) is 12.6 Å². The van der Waals surface area contributed by atoms with E-state index in [1.165, 1.54) is 0 Å². The largest absolute Gasteiger partial charge is 0.350 e. The van der Waals surface area contributed by atoms with E-state index in [0.717, 1.165) is 63.1 Å². The molecule has 6 heteroatoms. The van der Waals surface area contributed by atoms with Crippen LogP contribution in [-0.4, -0.2) is 58.8 Å². The fourth-order valence-electron chi connectivity index (χ4n) is 4.57. The number of hydrogen-bond donors (Lipinski definition) is 1. The Kier molecular flexibility index (Phi) is 6.74. The Labute approximate surface area is 178 Å². The lowest BCUT2D eigenvalue weighted by atomic mass is 9.93. The first-order chi connectivity index (χ1) is 14.7. The molecule has 1 aromatic carbocycles. The van der Waals surface area contributed by atoms with Crippen LogP contribution in [0.15, 0.2) is 54.7 Å². The van der Waals surface area contributed by atoms with Gasteiger partial charge in [0.15, 0.2) is 0 Å². The highest BCUT2D eigenvalue weighted by molar-refractivity contribution is 5.94. The third-order valence-electron chi connectivity index (χ3n) is 6.28. The molecule has 6 nitrogen and oxygen atoms in total. The van der Waals surface area contributed by atoms with Gasteiger partial charge in [0.25, 0.3) is 5.91 Å². The zero-order valence-corrected chi connectivity index (χ0v) is 17.4. The smallest absolute Gasteiger partial charge is 0.253 e. The highest BCUT2D eigenvalue weighted by Crippen LogP contribution is 2.25. The van der Waals surface area contributed by atoms with Crippen LogP contribution in [0.1, 0.15) is 41.7 Å². The second-order valence-electron chi connectivity index (χ2n) is 8.26. The molecular weight excluding hydrogens is 376 g/mol. The van der Waals surface area contributed by atoms with Gasteiger partial charge in [0, 0.05) is 37.4 Å². The molecule has 4 rings (SSSR count). The van der Waals surface area contributed by atoms with Crippen molar-refractivity contribution in [3.63, 3.8) is 0 Å². The number of carbonyl (C=O) groups is 2. The predicted molar refractivity (Wildman–Crippen MR) is 116 cm³/mol. The van der Waals surface area contributed by atoms with E-state index in [-0.39, 0.29) is 17.7 Å². The molecule has 0 unspecified atom stereocenters. The van der Waals surface area contributed by atoms with Gasteiger partial charge in [-0.2, -0.15) is 0 Å². The second-order valence-corrected chi connectivity index (χ2v) is 8.26. The molecule has 158 valence electrons. The van der Waals surface area contributed by atoms with E-state index in [1.807, 2.05) is 53.4 Å². The molecule has 0 bridgehead atoms. The maximum absolute atomic E-state index is 12.7. The Bertz CT molecular complexity index is 835. The van der Waals surface area contributed by atoms with Crippen molar-refractivity contribution < 1.29 is 9.59 Å². The first kappa shape index (κ1) is 20.5. The van der Waals surface area contributed by atoms with Crippen molar-refractivity contribution >= 4 is 11.8 Å². The van der Waals surface area contributed by atoms with Crippen molar-refractivity contribution in [2.45, 2.75) is 38.3 Å². The van der Waals surface area contributed by atoms with Gasteiger partial charge in [-0.1, -0.05) is 24.3 Å². The molecule has 0 spiro atoms. The van der Waals surface area contributed by atoms with Gasteiger partial charge in [0.2, 0.25) is 5.91 Å². The summed E-state index contributed by atoms with van der Waals surface area (Å²) in [6, 6.07) is 15.7. The van der Waals surface area contributed by atoms with E-state index in [1.54, 1.807) is 6.20 Å². The van der Waals surface area contributed by atoms with Gasteiger partial charge < -0.3 is 10.2 Å². The monoisotopic (exact) mass is 406 g/mol. The molecule has 2 saturated heterocycles. The number of hydrogen-bond acceptors (Lipinski definition) is 4. The first-order valence-corrected chi connectivity index (χ1v) is 11.0. The SMILES string of the molecule is O=C(NCc1ccccn1)[C@H]1CCCN(C2CCN(C(=O)c3ccccc3)CC2)C1. The molecule has 2 aliphatic rings. The minimum atomic E-state index is 0.0337. The molecule has 2 amide bonds. The Balaban J connectivity index is 1.26. The van der Waals surface area contributed by atoms with Gasteiger partial charge in [0.1, 0.15) is 0 Å². The fraction of sp³-hybridized carbons (Fsp3) is 0.458. The van der Waals surface area contributed by atoms with Crippen molar-refractivity contribution in [1.29, 1.82) is 0 Å². The predicted octanol–water partition coefficient (Wildman–Crippen LogP) is 2.71. The molecular formula is C24H30N4O2. The summed E-state index contributed by atoms with van der Waals surface area (Å²) in [5, 5.41) is 3.05. The lowest BCUT2D eigenvalue weighted by Crippen LogP contribution is -2.51. The number of aromatic nitrogens is 1. The van der Waals surface area contributed by atoms with Crippen LogP contribution in [0, 0.1) is 5.92 Å². The van der Waals surface area contributed by atoms with Gasteiger partial charge >= 0.3 is 0 Å². The molecule has 1 N–H and O–H groups in total. The highest BCUT2D eigenvalue weighted by Gasteiger charge is 2.32. The summed E-state index contributed by atoms with van der Waals surface area (Å²) < 4.78 is 0. The van der Waals surface area contributed by atoms with Crippen molar-refractivity contribution in [3.05, 3.63) is 66.0 Å². The minimum Gasteiger partial charge on any atom is -0.350 e. The number of pyridine rings is 1. The van der Waals surface area contributed by atoms with Crippen LogP contribution < -0.4 is 5.32 Å². The van der Waals surface area contributed by atoms with Crippen LogP contribution in [0.2, 0.25) is 0 Å². The number of likely N-dealkylation sites (tertiary alicyclic amines) is 2. The summed E-state index contributed by atoms with van der Waals surface area (Å²) in [5.41, 5.74) is 1.65. The van der Waals surface area contributed by atoms with Crippen LogP contribution in [0.4, 0.5) is 0 Å². The Morgan fingerprint density at radius 3 is 2.47 bits per heavy atom. The van der Waals surface area contributed by atoms with E-state index < -0.39 is 0 Å². The summed E-state index contributed by atoms with van der Waals surface area (Å²) in [7, 11) is 0. The van der Waals surface area contributed by atoms with Crippen LogP contribution in [0.3, 0.4) is 0 Å². The third-order valence-corrected chi connectivity index (χ3v) is 6.28. The van der Waals surface area contributed by atoms with Crippen LogP contribution in [-0.2, 0) is 11.3 Å². The van der Waals surface area contributed by atoms with Crippen LogP contribution >= 0.6 is 0 Å². The Morgan fingerprint density at radius 2 is 1.73 bits per heavy atom. The maximum atomic E-state index is 12.7. The topological polar surface area (TPSA) is 65.5 Å². The molecule has 1 aromatic heterocycles. The van der Waals surface area contributed by atoms with Crippen molar-refractivity contribution in [2.75, 3.05) is 26.2 Å². The normalized spacial score (nSPS) is 20.7.